The average Bonchev–Trinajstić information content (AvgIpc) is 3.22. The molecule has 0 bridgehead atoms. The first-order chi connectivity index (χ1) is 13.7. The summed E-state index contributed by atoms with van der Waals surface area (Å²) >= 11 is 0. The summed E-state index contributed by atoms with van der Waals surface area (Å²) in [6.07, 6.45) is 13.8. The number of guanidine groups is 1. The second kappa shape index (κ2) is 11.0. The lowest BCUT2D eigenvalue weighted by Crippen LogP contribution is -2.47. The predicted octanol–water partition coefficient (Wildman–Crippen LogP) is 2.60. The molecule has 6 nitrogen and oxygen atoms in total. The number of nitrogens with one attached hydrogen (secondary N) is 2. The lowest BCUT2D eigenvalue weighted by atomic mass is 9.88. The Morgan fingerprint density at radius 2 is 1.71 bits per heavy atom. The van der Waals surface area contributed by atoms with Gasteiger partial charge in [0.05, 0.1) is 0 Å². The first kappa shape index (κ1) is 21.4. The third-order valence-electron chi connectivity index (χ3n) is 6.97. The van der Waals surface area contributed by atoms with Crippen molar-refractivity contribution in [1.29, 1.82) is 0 Å². The Hall–Kier alpha value is -1.30. The molecular formula is C22H41N5O. The molecule has 160 valence electrons. The highest BCUT2D eigenvalue weighted by atomic mass is 16.2. The van der Waals surface area contributed by atoms with Crippen molar-refractivity contribution in [1.82, 2.24) is 20.4 Å². The topological polar surface area (TPSA) is 60.0 Å². The van der Waals surface area contributed by atoms with Gasteiger partial charge in [0.15, 0.2) is 5.96 Å². The molecule has 0 aromatic heterocycles. The first-order valence-corrected chi connectivity index (χ1v) is 11.6. The Bertz CT molecular complexity index is 511. The monoisotopic (exact) mass is 391 g/mol. The van der Waals surface area contributed by atoms with E-state index in [2.05, 4.69) is 32.5 Å². The molecule has 1 heterocycles. The van der Waals surface area contributed by atoms with Gasteiger partial charge in [-0.2, -0.15) is 0 Å². The van der Waals surface area contributed by atoms with Crippen LogP contribution in [0.4, 0.5) is 0 Å². The van der Waals surface area contributed by atoms with Crippen LogP contribution in [0.15, 0.2) is 4.99 Å². The van der Waals surface area contributed by atoms with Crippen LogP contribution in [0.1, 0.15) is 70.6 Å². The minimum absolute atomic E-state index is 0.278. The van der Waals surface area contributed by atoms with Gasteiger partial charge in [-0.3, -0.25) is 9.79 Å². The second-order valence-electron chi connectivity index (χ2n) is 9.02. The van der Waals surface area contributed by atoms with Gasteiger partial charge < -0.3 is 20.4 Å². The highest BCUT2D eigenvalue weighted by Crippen LogP contribution is 2.26. The summed E-state index contributed by atoms with van der Waals surface area (Å²) in [5.74, 6) is 1.54. The number of hydrogen-bond acceptors (Lipinski definition) is 3. The molecule has 0 aromatic carbocycles. The van der Waals surface area contributed by atoms with Gasteiger partial charge in [-0.25, -0.2) is 0 Å². The summed E-state index contributed by atoms with van der Waals surface area (Å²) in [7, 11) is 4.08. The first-order valence-electron chi connectivity index (χ1n) is 11.6. The predicted molar refractivity (Wildman–Crippen MR) is 116 cm³/mol. The number of aliphatic imine (C=N–C) groups is 1. The number of rotatable bonds is 6. The molecular weight excluding hydrogens is 350 g/mol. The zero-order valence-corrected chi connectivity index (χ0v) is 18.1. The Balaban J connectivity index is 1.36. The molecule has 1 amide bonds. The van der Waals surface area contributed by atoms with Crippen molar-refractivity contribution in [3.05, 3.63) is 0 Å². The Labute approximate surface area is 171 Å². The molecule has 2 aliphatic carbocycles. The third-order valence-corrected chi connectivity index (χ3v) is 6.97. The van der Waals surface area contributed by atoms with E-state index in [-0.39, 0.29) is 5.92 Å². The van der Waals surface area contributed by atoms with Gasteiger partial charge in [0, 0.05) is 51.2 Å². The molecule has 0 radical (unpaired) electrons. The van der Waals surface area contributed by atoms with Crippen LogP contribution in [0.25, 0.3) is 0 Å². The summed E-state index contributed by atoms with van der Waals surface area (Å²) in [5.41, 5.74) is 0. The number of nitrogens with zero attached hydrogens (tertiary/aromatic N) is 3. The summed E-state index contributed by atoms with van der Waals surface area (Å²) in [5, 5.41) is 7.00. The van der Waals surface area contributed by atoms with Gasteiger partial charge in [-0.1, -0.05) is 38.5 Å². The SMILES string of the molecule is CN=C(NCCN(C)C1CCCCC1)NC1CCN(C(=O)C2CCCCC2)C1. The maximum Gasteiger partial charge on any atom is 0.225 e. The molecule has 1 atom stereocenters. The number of likely N-dealkylation sites (tertiary alicyclic amines) is 1. The number of amides is 1. The lowest BCUT2D eigenvalue weighted by molar-refractivity contribution is -0.135. The van der Waals surface area contributed by atoms with Crippen molar-refractivity contribution in [2.75, 3.05) is 40.3 Å². The van der Waals surface area contributed by atoms with Crippen LogP contribution in [0.3, 0.4) is 0 Å². The van der Waals surface area contributed by atoms with Crippen LogP contribution >= 0.6 is 0 Å². The van der Waals surface area contributed by atoms with E-state index in [1.807, 2.05) is 7.05 Å². The maximum atomic E-state index is 12.7. The second-order valence-corrected chi connectivity index (χ2v) is 9.02. The quantitative estimate of drug-likeness (QED) is 0.540. The molecule has 1 unspecified atom stereocenters. The average molecular weight is 392 g/mol. The molecule has 0 aromatic rings. The largest absolute Gasteiger partial charge is 0.355 e. The van der Waals surface area contributed by atoms with Crippen molar-refractivity contribution in [3.63, 3.8) is 0 Å². The third kappa shape index (κ3) is 6.10. The number of likely N-dealkylation sites (N-methyl/N-ethyl adjacent to an activating group) is 1. The number of hydrogen-bond donors (Lipinski definition) is 2. The van der Waals surface area contributed by atoms with Crippen LogP contribution in [0.2, 0.25) is 0 Å². The van der Waals surface area contributed by atoms with Crippen molar-refractivity contribution >= 4 is 11.9 Å². The molecule has 3 aliphatic rings. The fraction of sp³-hybridized carbons (Fsp3) is 0.909. The van der Waals surface area contributed by atoms with Gasteiger partial charge in [-0.05, 0) is 39.2 Å². The van der Waals surface area contributed by atoms with E-state index < -0.39 is 0 Å². The Kier molecular flexibility index (Phi) is 8.44. The smallest absolute Gasteiger partial charge is 0.225 e. The van der Waals surface area contributed by atoms with Crippen LogP contribution in [-0.4, -0.2) is 74.0 Å². The number of carbonyl (C=O) groups excluding carboxylic acids is 1. The van der Waals surface area contributed by atoms with Gasteiger partial charge in [-0.15, -0.1) is 0 Å². The van der Waals surface area contributed by atoms with E-state index in [1.165, 1.54) is 51.4 Å². The zero-order valence-electron chi connectivity index (χ0n) is 18.1. The molecule has 2 saturated carbocycles. The Morgan fingerprint density at radius 1 is 1.04 bits per heavy atom. The van der Waals surface area contributed by atoms with Crippen molar-refractivity contribution in [2.24, 2.45) is 10.9 Å². The molecule has 3 rings (SSSR count). The minimum Gasteiger partial charge on any atom is -0.355 e. The fourth-order valence-electron chi connectivity index (χ4n) is 5.13. The van der Waals surface area contributed by atoms with E-state index >= 15 is 0 Å². The van der Waals surface area contributed by atoms with E-state index in [1.54, 1.807) is 0 Å². The molecule has 28 heavy (non-hydrogen) atoms. The van der Waals surface area contributed by atoms with Crippen LogP contribution in [-0.2, 0) is 4.79 Å². The van der Waals surface area contributed by atoms with E-state index in [0.29, 0.717) is 11.9 Å². The molecule has 1 aliphatic heterocycles. The highest BCUT2D eigenvalue weighted by molar-refractivity contribution is 5.81. The van der Waals surface area contributed by atoms with Crippen molar-refractivity contribution in [2.45, 2.75) is 82.7 Å². The molecule has 6 heteroatoms. The lowest BCUT2D eigenvalue weighted by Gasteiger charge is -2.31. The van der Waals surface area contributed by atoms with Gasteiger partial charge in [0.1, 0.15) is 0 Å². The molecule has 0 spiro atoms. The molecule has 2 N–H and O–H groups in total. The zero-order chi connectivity index (χ0) is 19.8. The normalized spacial score (nSPS) is 25.3. The summed E-state index contributed by atoms with van der Waals surface area (Å²) < 4.78 is 0. The Morgan fingerprint density at radius 3 is 2.39 bits per heavy atom. The minimum atomic E-state index is 0.278. The summed E-state index contributed by atoms with van der Waals surface area (Å²) in [6, 6.07) is 1.06. The van der Waals surface area contributed by atoms with E-state index in [0.717, 1.165) is 57.4 Å². The summed E-state index contributed by atoms with van der Waals surface area (Å²) in [6.45, 7) is 3.65. The fourth-order valence-corrected chi connectivity index (χ4v) is 5.13. The van der Waals surface area contributed by atoms with E-state index in [9.17, 15) is 4.79 Å². The van der Waals surface area contributed by atoms with Crippen molar-refractivity contribution < 1.29 is 4.79 Å². The number of carbonyl (C=O) groups is 1. The van der Waals surface area contributed by atoms with Gasteiger partial charge >= 0.3 is 0 Å². The molecule has 3 fully saturated rings. The van der Waals surface area contributed by atoms with Crippen LogP contribution in [0, 0.1) is 5.92 Å². The maximum absolute atomic E-state index is 12.7. The van der Waals surface area contributed by atoms with Gasteiger partial charge in [0.25, 0.3) is 0 Å². The highest BCUT2D eigenvalue weighted by Gasteiger charge is 2.31. The van der Waals surface area contributed by atoms with Gasteiger partial charge in [0.2, 0.25) is 5.91 Å². The standard InChI is InChI=1S/C22H41N5O/c1-23-22(24-14-16-26(2)20-11-7-4-8-12-20)25-19-13-15-27(17-19)21(28)18-9-5-3-6-10-18/h18-20H,3-17H2,1-2H3,(H2,23,24,25). The van der Waals surface area contributed by atoms with Crippen LogP contribution in [0.5, 0.6) is 0 Å². The summed E-state index contributed by atoms with van der Waals surface area (Å²) in [4.78, 5) is 21.7. The van der Waals surface area contributed by atoms with Crippen LogP contribution < -0.4 is 10.6 Å². The molecule has 1 saturated heterocycles. The van der Waals surface area contributed by atoms with E-state index in [4.69, 9.17) is 0 Å². The van der Waals surface area contributed by atoms with Crippen molar-refractivity contribution in [3.8, 4) is 0 Å².